The Morgan fingerprint density at radius 2 is 2.05 bits per heavy atom. The number of carboxylic acid groups (broad SMARTS) is 1. The summed E-state index contributed by atoms with van der Waals surface area (Å²) in [5.74, 6) is -0.474. The molecule has 3 N–H and O–H groups in total. The van der Waals surface area contributed by atoms with Gasteiger partial charge in [-0.05, 0) is 44.7 Å². The van der Waals surface area contributed by atoms with Gasteiger partial charge < -0.3 is 15.7 Å². The van der Waals surface area contributed by atoms with Gasteiger partial charge in [-0.15, -0.1) is 0 Å². The van der Waals surface area contributed by atoms with Gasteiger partial charge in [0.1, 0.15) is 0 Å². The van der Waals surface area contributed by atoms with Crippen LogP contribution in [0.5, 0.6) is 0 Å². The number of nitrogens with one attached hydrogen (secondary N) is 2. The van der Waals surface area contributed by atoms with Crippen LogP contribution in [0.3, 0.4) is 0 Å². The number of carbonyl (C=O) groups is 2. The quantitative estimate of drug-likeness (QED) is 0.712. The zero-order chi connectivity index (χ0) is 14.8. The second-order valence-electron chi connectivity index (χ2n) is 6.89. The van der Waals surface area contributed by atoms with E-state index in [0.29, 0.717) is 18.8 Å². The molecule has 1 heterocycles. The van der Waals surface area contributed by atoms with Crippen LogP contribution in [0.25, 0.3) is 0 Å². The van der Waals surface area contributed by atoms with E-state index < -0.39 is 16.8 Å². The Kier molecular flexibility index (Phi) is 4.37. The smallest absolute Gasteiger partial charge is 0.311 e. The molecule has 20 heavy (non-hydrogen) atoms. The predicted molar refractivity (Wildman–Crippen MR) is 76.3 cm³/mol. The van der Waals surface area contributed by atoms with E-state index in [-0.39, 0.29) is 12.5 Å². The molecule has 1 aliphatic carbocycles. The number of piperidine rings is 1. The number of hydrogen-bond donors (Lipinski definition) is 3. The van der Waals surface area contributed by atoms with Crippen molar-refractivity contribution < 1.29 is 14.7 Å². The largest absolute Gasteiger partial charge is 0.481 e. The monoisotopic (exact) mass is 282 g/mol. The fourth-order valence-corrected chi connectivity index (χ4v) is 3.20. The minimum absolute atomic E-state index is 0.0151. The normalized spacial score (nSPS) is 25.6. The van der Waals surface area contributed by atoms with E-state index in [9.17, 15) is 14.7 Å². The molecule has 0 aromatic carbocycles. The first-order chi connectivity index (χ1) is 9.38. The number of hydrogen-bond acceptors (Lipinski definition) is 3. The first-order valence-corrected chi connectivity index (χ1v) is 7.61. The van der Waals surface area contributed by atoms with Gasteiger partial charge in [0.05, 0.1) is 5.41 Å². The number of carbonyl (C=O) groups excluding carboxylic acids is 1. The number of rotatable bonds is 5. The van der Waals surface area contributed by atoms with Crippen molar-refractivity contribution in [3.05, 3.63) is 0 Å². The third kappa shape index (κ3) is 2.82. The highest BCUT2D eigenvalue weighted by atomic mass is 16.4. The minimum Gasteiger partial charge on any atom is -0.481 e. The Labute approximate surface area is 120 Å². The number of aliphatic carboxylic acids is 1. The van der Waals surface area contributed by atoms with Crippen molar-refractivity contribution in [2.45, 2.75) is 46.0 Å². The molecule has 1 aliphatic heterocycles. The molecule has 5 heteroatoms. The third-order valence-corrected chi connectivity index (χ3v) is 5.25. The molecule has 1 amide bonds. The van der Waals surface area contributed by atoms with Gasteiger partial charge in [0.2, 0.25) is 5.91 Å². The Morgan fingerprint density at radius 1 is 1.35 bits per heavy atom. The molecule has 5 nitrogen and oxygen atoms in total. The van der Waals surface area contributed by atoms with E-state index >= 15 is 0 Å². The van der Waals surface area contributed by atoms with Crippen LogP contribution in [0, 0.1) is 16.7 Å². The van der Waals surface area contributed by atoms with Crippen molar-refractivity contribution >= 4 is 11.9 Å². The molecule has 114 valence electrons. The van der Waals surface area contributed by atoms with Crippen molar-refractivity contribution in [2.75, 3.05) is 19.6 Å². The van der Waals surface area contributed by atoms with Crippen molar-refractivity contribution in [1.29, 1.82) is 0 Å². The SMILES string of the molecule is CC(C)(C(=O)NCC1(C(=O)O)CCC1)C1CCCNC1. The van der Waals surface area contributed by atoms with Gasteiger partial charge in [-0.2, -0.15) is 0 Å². The lowest BCUT2D eigenvalue weighted by molar-refractivity contribution is -0.154. The Balaban J connectivity index is 1.91. The summed E-state index contributed by atoms with van der Waals surface area (Å²) >= 11 is 0. The molecule has 0 bridgehead atoms. The molecule has 0 radical (unpaired) electrons. The second kappa shape index (κ2) is 5.72. The molecular formula is C15H26N2O3. The summed E-state index contributed by atoms with van der Waals surface area (Å²) in [6, 6.07) is 0. The van der Waals surface area contributed by atoms with Gasteiger partial charge in [-0.1, -0.05) is 20.3 Å². The van der Waals surface area contributed by atoms with Gasteiger partial charge in [0.25, 0.3) is 0 Å². The van der Waals surface area contributed by atoms with E-state index in [4.69, 9.17) is 0 Å². The zero-order valence-electron chi connectivity index (χ0n) is 12.5. The fraction of sp³-hybridized carbons (Fsp3) is 0.867. The topological polar surface area (TPSA) is 78.4 Å². The predicted octanol–water partition coefficient (Wildman–Crippen LogP) is 1.38. The van der Waals surface area contributed by atoms with Crippen LogP contribution < -0.4 is 10.6 Å². The van der Waals surface area contributed by atoms with Crippen molar-refractivity contribution in [3.63, 3.8) is 0 Å². The van der Waals surface area contributed by atoms with E-state index in [2.05, 4.69) is 10.6 Å². The minimum atomic E-state index is -0.777. The van der Waals surface area contributed by atoms with E-state index in [0.717, 1.165) is 32.4 Å². The van der Waals surface area contributed by atoms with Crippen LogP contribution in [-0.4, -0.2) is 36.6 Å². The lowest BCUT2D eigenvalue weighted by Crippen LogP contribution is -2.52. The van der Waals surface area contributed by atoms with Gasteiger partial charge >= 0.3 is 5.97 Å². The first kappa shape index (κ1) is 15.3. The summed E-state index contributed by atoms with van der Waals surface area (Å²) < 4.78 is 0. The average Bonchev–Trinajstić information content (AvgIpc) is 2.37. The third-order valence-electron chi connectivity index (χ3n) is 5.25. The van der Waals surface area contributed by atoms with Crippen molar-refractivity contribution in [2.24, 2.45) is 16.7 Å². The zero-order valence-corrected chi connectivity index (χ0v) is 12.5. The molecule has 2 rings (SSSR count). The Morgan fingerprint density at radius 3 is 2.50 bits per heavy atom. The maximum absolute atomic E-state index is 12.4. The summed E-state index contributed by atoms with van der Waals surface area (Å²) in [7, 11) is 0. The van der Waals surface area contributed by atoms with Crippen LogP contribution >= 0.6 is 0 Å². The summed E-state index contributed by atoms with van der Waals surface area (Å²) in [5, 5.41) is 15.5. The van der Waals surface area contributed by atoms with Crippen molar-refractivity contribution in [1.82, 2.24) is 10.6 Å². The van der Waals surface area contributed by atoms with Crippen LogP contribution in [0.1, 0.15) is 46.0 Å². The Bertz CT molecular complexity index is 383. The highest BCUT2D eigenvalue weighted by Crippen LogP contribution is 2.41. The first-order valence-electron chi connectivity index (χ1n) is 7.61. The highest BCUT2D eigenvalue weighted by molar-refractivity contribution is 5.83. The van der Waals surface area contributed by atoms with Crippen LogP contribution in [0.4, 0.5) is 0 Å². The van der Waals surface area contributed by atoms with Gasteiger partial charge in [-0.25, -0.2) is 0 Å². The molecule has 2 aliphatic rings. The highest BCUT2D eigenvalue weighted by Gasteiger charge is 2.46. The lowest BCUT2D eigenvalue weighted by Gasteiger charge is -2.40. The maximum atomic E-state index is 12.4. The molecule has 2 fully saturated rings. The standard InChI is InChI=1S/C15H26N2O3/c1-14(2,11-5-3-8-16-9-11)12(18)17-10-15(13(19)20)6-4-7-15/h11,16H,3-10H2,1-2H3,(H,17,18)(H,19,20). The van der Waals surface area contributed by atoms with Crippen LogP contribution in [-0.2, 0) is 9.59 Å². The molecule has 1 saturated heterocycles. The summed E-state index contributed by atoms with van der Waals surface area (Å²) in [6.45, 7) is 6.09. The van der Waals surface area contributed by atoms with Gasteiger partial charge in [0.15, 0.2) is 0 Å². The maximum Gasteiger partial charge on any atom is 0.311 e. The molecule has 1 unspecified atom stereocenters. The fourth-order valence-electron chi connectivity index (χ4n) is 3.20. The summed E-state index contributed by atoms with van der Waals surface area (Å²) in [6.07, 6.45) is 4.44. The van der Waals surface area contributed by atoms with Gasteiger partial charge in [-0.3, -0.25) is 9.59 Å². The number of amides is 1. The van der Waals surface area contributed by atoms with E-state index in [1.165, 1.54) is 0 Å². The number of carboxylic acids is 1. The van der Waals surface area contributed by atoms with Crippen LogP contribution in [0.15, 0.2) is 0 Å². The second-order valence-corrected chi connectivity index (χ2v) is 6.89. The molecule has 0 aromatic rings. The summed E-state index contributed by atoms with van der Waals surface area (Å²) in [4.78, 5) is 23.7. The molecule has 1 saturated carbocycles. The van der Waals surface area contributed by atoms with Crippen molar-refractivity contribution in [3.8, 4) is 0 Å². The molecule has 0 spiro atoms. The van der Waals surface area contributed by atoms with Gasteiger partial charge in [0, 0.05) is 12.0 Å². The van der Waals surface area contributed by atoms with Crippen LogP contribution in [0.2, 0.25) is 0 Å². The lowest BCUT2D eigenvalue weighted by atomic mass is 9.68. The summed E-state index contributed by atoms with van der Waals surface area (Å²) in [5.41, 5.74) is -1.16. The van der Waals surface area contributed by atoms with E-state index in [1.54, 1.807) is 0 Å². The molecule has 1 atom stereocenters. The van der Waals surface area contributed by atoms with E-state index in [1.807, 2.05) is 13.8 Å². The molecular weight excluding hydrogens is 256 g/mol. The Hall–Kier alpha value is -1.10. The average molecular weight is 282 g/mol. The molecule has 0 aromatic heterocycles.